The highest BCUT2D eigenvalue weighted by molar-refractivity contribution is 8.05. The van der Waals surface area contributed by atoms with Crippen molar-refractivity contribution in [3.63, 3.8) is 0 Å². The van der Waals surface area contributed by atoms with E-state index in [-0.39, 0.29) is 6.61 Å². The lowest BCUT2D eigenvalue weighted by Crippen LogP contribution is -2.15. The van der Waals surface area contributed by atoms with Crippen LogP contribution in [0.15, 0.2) is 12.7 Å². The Hall–Kier alpha value is -0.0200. The monoisotopic (exact) mass is 246 g/mol. The Kier molecular flexibility index (Phi) is 5.65. The molecule has 0 aliphatic heterocycles. The smallest absolute Gasteiger partial charge is 0.380 e. The van der Waals surface area contributed by atoms with Gasteiger partial charge in [0.05, 0.1) is 6.10 Å². The van der Waals surface area contributed by atoms with Gasteiger partial charge in [0.25, 0.3) is 0 Å². The number of hydrogen-bond acceptors (Lipinski definition) is 4. The quantitative estimate of drug-likeness (QED) is 0.425. The minimum Gasteiger partial charge on any atom is -0.460 e. The van der Waals surface area contributed by atoms with Crippen molar-refractivity contribution in [3.05, 3.63) is 12.7 Å². The van der Waals surface area contributed by atoms with Gasteiger partial charge in [-0.1, -0.05) is 6.58 Å². The second-order valence-corrected chi connectivity index (χ2v) is 6.39. The van der Waals surface area contributed by atoms with Gasteiger partial charge in [0.2, 0.25) is 0 Å². The van der Waals surface area contributed by atoms with Crippen molar-refractivity contribution in [1.82, 2.24) is 0 Å². The molecule has 0 heterocycles. The van der Waals surface area contributed by atoms with Gasteiger partial charge in [-0.15, -0.1) is 0 Å². The van der Waals surface area contributed by atoms with Crippen molar-refractivity contribution in [3.8, 4) is 0 Å². The van der Waals surface area contributed by atoms with Crippen LogP contribution in [0.2, 0.25) is 0 Å². The molecular weight excluding hydrogens is 238 g/mol. The van der Waals surface area contributed by atoms with Crippen LogP contribution in [0.4, 0.5) is 0 Å². The van der Waals surface area contributed by atoms with Crippen molar-refractivity contribution in [1.29, 1.82) is 0 Å². The SMILES string of the molecule is C=CC(=O)OCC(C)OP(=O)(Cl)Cl. The number of ether oxygens (including phenoxy) is 1. The molecule has 0 aromatic rings. The first kappa shape index (κ1) is 13.0. The molecule has 0 fully saturated rings. The molecule has 0 aliphatic rings. The molecule has 0 spiro atoms. The average Bonchev–Trinajstić information content (AvgIpc) is 1.97. The molecule has 7 heteroatoms. The molecule has 13 heavy (non-hydrogen) atoms. The Balaban J connectivity index is 3.76. The molecule has 0 aliphatic carbocycles. The van der Waals surface area contributed by atoms with Crippen LogP contribution in [0.25, 0.3) is 0 Å². The summed E-state index contributed by atoms with van der Waals surface area (Å²) < 4.78 is 19.9. The highest BCUT2D eigenvalue weighted by Gasteiger charge is 2.19. The van der Waals surface area contributed by atoms with Crippen LogP contribution in [0.5, 0.6) is 0 Å². The predicted molar refractivity (Wildman–Crippen MR) is 51.0 cm³/mol. The lowest BCUT2D eigenvalue weighted by molar-refractivity contribution is -0.139. The summed E-state index contributed by atoms with van der Waals surface area (Å²) in [6.45, 7) is 4.64. The first-order chi connectivity index (χ1) is 5.85. The van der Waals surface area contributed by atoms with Gasteiger partial charge in [0, 0.05) is 6.08 Å². The number of carbonyl (C=O) groups is 1. The van der Waals surface area contributed by atoms with E-state index in [1.807, 2.05) is 0 Å². The van der Waals surface area contributed by atoms with Gasteiger partial charge in [-0.25, -0.2) is 4.79 Å². The van der Waals surface area contributed by atoms with Crippen LogP contribution in [-0.4, -0.2) is 18.7 Å². The van der Waals surface area contributed by atoms with Crippen LogP contribution in [0, 0.1) is 0 Å². The van der Waals surface area contributed by atoms with Gasteiger partial charge in [0.15, 0.2) is 0 Å². The number of halogens is 2. The Bertz CT molecular complexity index is 237. The fraction of sp³-hybridized carbons (Fsp3) is 0.500. The predicted octanol–water partition coefficient (Wildman–Crippen LogP) is 2.71. The van der Waals surface area contributed by atoms with Crippen molar-refractivity contribution in [2.75, 3.05) is 6.61 Å². The summed E-state index contributed by atoms with van der Waals surface area (Å²) in [5.74, 6) is -0.588. The van der Waals surface area contributed by atoms with Crippen LogP contribution < -0.4 is 0 Å². The normalized spacial score (nSPS) is 13.5. The summed E-state index contributed by atoms with van der Waals surface area (Å²) in [7, 11) is 0. The number of carbonyl (C=O) groups excluding carboxylic acids is 1. The Morgan fingerprint density at radius 3 is 2.62 bits per heavy atom. The molecule has 0 radical (unpaired) electrons. The van der Waals surface area contributed by atoms with Crippen LogP contribution >= 0.6 is 28.6 Å². The van der Waals surface area contributed by atoms with E-state index in [1.165, 1.54) is 6.92 Å². The third kappa shape index (κ3) is 8.31. The van der Waals surface area contributed by atoms with Crippen molar-refractivity contribution >= 4 is 34.5 Å². The summed E-state index contributed by atoms with van der Waals surface area (Å²) in [5.41, 5.74) is 0. The summed E-state index contributed by atoms with van der Waals surface area (Å²) in [5, 5.41) is 0. The van der Waals surface area contributed by atoms with E-state index in [0.29, 0.717) is 0 Å². The van der Waals surface area contributed by atoms with E-state index in [1.54, 1.807) is 0 Å². The van der Waals surface area contributed by atoms with Crippen molar-refractivity contribution in [2.45, 2.75) is 13.0 Å². The van der Waals surface area contributed by atoms with Gasteiger partial charge < -0.3 is 4.74 Å². The van der Waals surface area contributed by atoms with Crippen LogP contribution in [0.3, 0.4) is 0 Å². The molecule has 0 saturated heterocycles. The van der Waals surface area contributed by atoms with Gasteiger partial charge in [-0.05, 0) is 29.4 Å². The Morgan fingerprint density at radius 2 is 2.23 bits per heavy atom. The fourth-order valence-corrected chi connectivity index (χ4v) is 1.79. The molecule has 1 atom stereocenters. The number of rotatable bonds is 5. The Labute approximate surface area is 85.8 Å². The topological polar surface area (TPSA) is 52.6 Å². The van der Waals surface area contributed by atoms with E-state index in [9.17, 15) is 9.36 Å². The molecular formula is C6H9Cl2O4P. The van der Waals surface area contributed by atoms with Gasteiger partial charge in [-0.2, -0.15) is 0 Å². The largest absolute Gasteiger partial charge is 0.460 e. The van der Waals surface area contributed by atoms with E-state index >= 15 is 0 Å². The van der Waals surface area contributed by atoms with Crippen LogP contribution in [-0.2, 0) is 18.6 Å². The molecule has 0 aromatic heterocycles. The first-order valence-electron chi connectivity index (χ1n) is 3.32. The third-order valence-electron chi connectivity index (χ3n) is 0.930. The van der Waals surface area contributed by atoms with E-state index in [4.69, 9.17) is 22.5 Å². The maximum absolute atomic E-state index is 10.7. The first-order valence-corrected chi connectivity index (χ1v) is 6.75. The molecule has 1 unspecified atom stereocenters. The molecule has 0 amide bonds. The number of hydrogen-bond donors (Lipinski definition) is 0. The average molecular weight is 247 g/mol. The van der Waals surface area contributed by atoms with Crippen molar-refractivity contribution < 1.29 is 18.6 Å². The second-order valence-electron chi connectivity index (χ2n) is 2.16. The Morgan fingerprint density at radius 1 is 1.69 bits per heavy atom. The van der Waals surface area contributed by atoms with Gasteiger partial charge >= 0.3 is 12.0 Å². The summed E-state index contributed by atoms with van der Waals surface area (Å²) in [4.78, 5) is 10.6. The lowest BCUT2D eigenvalue weighted by Gasteiger charge is -2.12. The molecule has 0 aromatic carbocycles. The number of esters is 1. The minimum absolute atomic E-state index is 0.0751. The standard InChI is InChI=1S/C6H9Cl2O4P/c1-3-6(9)11-4-5(2)12-13(7,8)10/h3,5H,1,4H2,2H3. The maximum Gasteiger partial charge on any atom is 0.380 e. The molecule has 0 saturated carbocycles. The van der Waals surface area contributed by atoms with Gasteiger partial charge in [0.1, 0.15) is 6.61 Å². The third-order valence-corrected chi connectivity index (χ3v) is 2.01. The van der Waals surface area contributed by atoms with E-state index in [0.717, 1.165) is 6.08 Å². The summed E-state index contributed by atoms with van der Waals surface area (Å²) in [6.07, 6.45) is -3.18. The van der Waals surface area contributed by atoms with E-state index < -0.39 is 18.1 Å². The van der Waals surface area contributed by atoms with Crippen LogP contribution in [0.1, 0.15) is 6.92 Å². The zero-order chi connectivity index (χ0) is 10.5. The molecule has 0 bridgehead atoms. The van der Waals surface area contributed by atoms with E-state index in [2.05, 4.69) is 15.8 Å². The molecule has 0 N–H and O–H groups in total. The van der Waals surface area contributed by atoms with Gasteiger partial charge in [-0.3, -0.25) is 9.09 Å². The highest BCUT2D eigenvalue weighted by Crippen LogP contribution is 2.58. The molecule has 0 rings (SSSR count). The summed E-state index contributed by atoms with van der Waals surface area (Å²) in [6, 6.07) is 0. The molecule has 76 valence electrons. The maximum atomic E-state index is 10.7. The zero-order valence-electron chi connectivity index (χ0n) is 6.91. The summed E-state index contributed by atoms with van der Waals surface area (Å²) >= 11 is 10.2. The minimum atomic E-state index is -3.56. The molecule has 4 nitrogen and oxygen atoms in total. The second kappa shape index (κ2) is 5.66. The fourth-order valence-electron chi connectivity index (χ4n) is 0.498. The lowest BCUT2D eigenvalue weighted by atomic mass is 10.4. The zero-order valence-corrected chi connectivity index (χ0v) is 9.31. The van der Waals surface area contributed by atoms with Crippen molar-refractivity contribution in [2.24, 2.45) is 0 Å². The highest BCUT2D eigenvalue weighted by atomic mass is 35.9.